The van der Waals surface area contributed by atoms with Crippen molar-refractivity contribution < 1.29 is 4.79 Å². The summed E-state index contributed by atoms with van der Waals surface area (Å²) in [6, 6.07) is 9.38. The molecule has 0 saturated carbocycles. The van der Waals surface area contributed by atoms with Crippen molar-refractivity contribution in [3.05, 3.63) is 58.7 Å². The van der Waals surface area contributed by atoms with Crippen LogP contribution in [-0.2, 0) is 11.3 Å². The molecular formula is C19H20N4O2S2. The number of hydrogen-bond acceptors (Lipinski definition) is 6. The van der Waals surface area contributed by atoms with Gasteiger partial charge in [-0.3, -0.25) is 14.2 Å². The second-order valence-corrected chi connectivity index (χ2v) is 7.85. The molecule has 0 aliphatic carbocycles. The maximum atomic E-state index is 12.6. The molecular weight excluding hydrogens is 380 g/mol. The largest absolute Gasteiger partial charge is 0.378 e. The van der Waals surface area contributed by atoms with Gasteiger partial charge in [0.2, 0.25) is 5.91 Å². The van der Waals surface area contributed by atoms with Gasteiger partial charge in [0.1, 0.15) is 4.83 Å². The summed E-state index contributed by atoms with van der Waals surface area (Å²) < 4.78 is 1.55. The third-order valence-electron chi connectivity index (χ3n) is 3.86. The van der Waals surface area contributed by atoms with E-state index in [4.69, 9.17) is 0 Å². The molecule has 0 unspecified atom stereocenters. The number of thiophene rings is 1. The Morgan fingerprint density at radius 3 is 2.74 bits per heavy atom. The molecule has 3 rings (SSSR count). The van der Waals surface area contributed by atoms with Crippen LogP contribution in [0.15, 0.2) is 58.3 Å². The van der Waals surface area contributed by atoms with Gasteiger partial charge >= 0.3 is 0 Å². The summed E-state index contributed by atoms with van der Waals surface area (Å²) >= 11 is 2.66. The average Bonchev–Trinajstić information content (AvgIpc) is 3.12. The first-order chi connectivity index (χ1) is 13.0. The molecule has 6 nitrogen and oxygen atoms in total. The monoisotopic (exact) mass is 400 g/mol. The molecule has 1 amide bonds. The number of amides is 1. The van der Waals surface area contributed by atoms with Crippen LogP contribution in [0.1, 0.15) is 0 Å². The molecule has 1 N–H and O–H groups in total. The number of fused-ring (bicyclic) bond motifs is 1. The molecule has 1 aromatic carbocycles. The van der Waals surface area contributed by atoms with Crippen molar-refractivity contribution in [3.8, 4) is 0 Å². The van der Waals surface area contributed by atoms with E-state index in [0.29, 0.717) is 21.9 Å². The summed E-state index contributed by atoms with van der Waals surface area (Å²) in [7, 11) is 3.93. The van der Waals surface area contributed by atoms with E-state index >= 15 is 0 Å². The molecule has 0 saturated heterocycles. The van der Waals surface area contributed by atoms with Gasteiger partial charge in [-0.05, 0) is 35.7 Å². The number of thioether (sulfide) groups is 1. The number of benzene rings is 1. The molecule has 140 valence electrons. The second-order valence-electron chi connectivity index (χ2n) is 6.02. The summed E-state index contributed by atoms with van der Waals surface area (Å²) in [5, 5.41) is 5.82. The van der Waals surface area contributed by atoms with Gasteiger partial charge in [-0.15, -0.1) is 17.9 Å². The first kappa shape index (κ1) is 19.2. The topological polar surface area (TPSA) is 67.2 Å². The van der Waals surface area contributed by atoms with E-state index in [1.807, 2.05) is 48.6 Å². The molecule has 2 heterocycles. The maximum absolute atomic E-state index is 12.6. The standard InChI is InChI=1S/C19H20N4O2S2/c1-4-10-23-18(25)15-9-11-26-17(15)21-19(23)27-12-16(24)20-13-5-7-14(8-6-13)22(2)3/h4-9,11H,1,10,12H2,2-3H3,(H,20,24). The van der Waals surface area contributed by atoms with E-state index < -0.39 is 0 Å². The fraction of sp³-hybridized carbons (Fsp3) is 0.211. The Balaban J connectivity index is 1.72. The van der Waals surface area contributed by atoms with Crippen molar-refractivity contribution in [1.82, 2.24) is 9.55 Å². The predicted molar refractivity (Wildman–Crippen MR) is 114 cm³/mol. The summed E-state index contributed by atoms with van der Waals surface area (Å²) in [4.78, 5) is 32.1. The third kappa shape index (κ3) is 4.40. The van der Waals surface area contributed by atoms with E-state index in [-0.39, 0.29) is 17.2 Å². The van der Waals surface area contributed by atoms with Crippen LogP contribution in [0.5, 0.6) is 0 Å². The minimum atomic E-state index is -0.150. The Hall–Kier alpha value is -2.58. The minimum Gasteiger partial charge on any atom is -0.378 e. The number of hydrogen-bond donors (Lipinski definition) is 1. The lowest BCUT2D eigenvalue weighted by molar-refractivity contribution is -0.113. The lowest BCUT2D eigenvalue weighted by Crippen LogP contribution is -2.23. The molecule has 2 aromatic heterocycles. The van der Waals surface area contributed by atoms with Crippen molar-refractivity contribution in [2.45, 2.75) is 11.7 Å². The molecule has 8 heteroatoms. The zero-order valence-electron chi connectivity index (χ0n) is 15.1. The lowest BCUT2D eigenvalue weighted by Gasteiger charge is -2.13. The van der Waals surface area contributed by atoms with Gasteiger partial charge in [0, 0.05) is 32.0 Å². The molecule has 0 bridgehead atoms. The van der Waals surface area contributed by atoms with Gasteiger partial charge in [-0.1, -0.05) is 17.8 Å². The van der Waals surface area contributed by atoms with Crippen LogP contribution >= 0.6 is 23.1 Å². The number of aromatic nitrogens is 2. The summed E-state index contributed by atoms with van der Waals surface area (Å²) in [6.07, 6.45) is 1.65. The zero-order chi connectivity index (χ0) is 19.4. The maximum Gasteiger partial charge on any atom is 0.263 e. The minimum absolute atomic E-state index is 0.108. The van der Waals surface area contributed by atoms with E-state index in [9.17, 15) is 9.59 Å². The van der Waals surface area contributed by atoms with Crippen LogP contribution in [-0.4, -0.2) is 35.3 Å². The van der Waals surface area contributed by atoms with Crippen LogP contribution in [0.4, 0.5) is 11.4 Å². The van der Waals surface area contributed by atoms with Gasteiger partial charge in [-0.25, -0.2) is 4.98 Å². The molecule has 27 heavy (non-hydrogen) atoms. The number of nitrogens with one attached hydrogen (secondary N) is 1. The first-order valence-corrected chi connectivity index (χ1v) is 10.1. The number of nitrogens with zero attached hydrogens (tertiary/aromatic N) is 3. The molecule has 0 aliphatic rings. The quantitative estimate of drug-likeness (QED) is 0.374. The fourth-order valence-electron chi connectivity index (χ4n) is 2.50. The number of allylic oxidation sites excluding steroid dienone is 1. The van der Waals surface area contributed by atoms with Gasteiger partial charge in [0.05, 0.1) is 11.1 Å². The Morgan fingerprint density at radius 1 is 1.33 bits per heavy atom. The summed E-state index contributed by atoms with van der Waals surface area (Å²) in [6.45, 7) is 4.05. The van der Waals surface area contributed by atoms with Crippen molar-refractivity contribution in [1.29, 1.82) is 0 Å². The van der Waals surface area contributed by atoms with Gasteiger partial charge in [0.15, 0.2) is 5.16 Å². The molecule has 0 radical (unpaired) electrons. The zero-order valence-corrected chi connectivity index (χ0v) is 16.8. The Kier molecular flexibility index (Phi) is 5.98. The highest BCUT2D eigenvalue weighted by Crippen LogP contribution is 2.22. The Bertz CT molecular complexity index is 1020. The van der Waals surface area contributed by atoms with Crippen molar-refractivity contribution in [2.24, 2.45) is 0 Å². The fourth-order valence-corrected chi connectivity index (χ4v) is 4.11. The van der Waals surface area contributed by atoms with Crippen LogP contribution in [0.2, 0.25) is 0 Å². The van der Waals surface area contributed by atoms with Crippen molar-refractivity contribution >= 4 is 50.6 Å². The smallest absolute Gasteiger partial charge is 0.263 e. The highest BCUT2D eigenvalue weighted by Gasteiger charge is 2.13. The molecule has 0 aliphatic heterocycles. The number of anilines is 2. The molecule has 0 fully saturated rings. The van der Waals surface area contributed by atoms with Gasteiger partial charge in [0.25, 0.3) is 5.56 Å². The first-order valence-electron chi connectivity index (χ1n) is 8.28. The summed E-state index contributed by atoms with van der Waals surface area (Å²) in [5.41, 5.74) is 1.68. The Morgan fingerprint density at radius 2 is 2.07 bits per heavy atom. The third-order valence-corrected chi connectivity index (χ3v) is 5.64. The highest BCUT2D eigenvalue weighted by atomic mass is 32.2. The number of carbonyl (C=O) groups excluding carboxylic acids is 1. The summed E-state index contributed by atoms with van der Waals surface area (Å²) in [5.74, 6) is 0.0129. The SMILES string of the molecule is C=CCn1c(SCC(=O)Nc2ccc(N(C)C)cc2)nc2sccc2c1=O. The van der Waals surface area contributed by atoms with E-state index in [1.54, 1.807) is 16.7 Å². The van der Waals surface area contributed by atoms with Crippen molar-refractivity contribution in [2.75, 3.05) is 30.1 Å². The van der Waals surface area contributed by atoms with Gasteiger partial charge in [-0.2, -0.15) is 0 Å². The van der Waals surface area contributed by atoms with Gasteiger partial charge < -0.3 is 10.2 Å². The normalized spacial score (nSPS) is 10.7. The Labute approximate surface area is 165 Å². The molecule has 3 aromatic rings. The number of carbonyl (C=O) groups is 1. The lowest BCUT2D eigenvalue weighted by atomic mass is 10.2. The predicted octanol–water partition coefficient (Wildman–Crippen LogP) is 3.44. The molecule has 0 atom stereocenters. The molecule has 0 spiro atoms. The van der Waals surface area contributed by atoms with E-state index in [1.165, 1.54) is 23.1 Å². The number of rotatable bonds is 7. The van der Waals surface area contributed by atoms with Crippen LogP contribution < -0.4 is 15.8 Å². The highest BCUT2D eigenvalue weighted by molar-refractivity contribution is 7.99. The second kappa shape index (κ2) is 8.41. The van der Waals surface area contributed by atoms with E-state index in [0.717, 1.165) is 11.4 Å². The van der Waals surface area contributed by atoms with Crippen LogP contribution in [0.3, 0.4) is 0 Å². The average molecular weight is 401 g/mol. The van der Waals surface area contributed by atoms with E-state index in [2.05, 4.69) is 16.9 Å². The van der Waals surface area contributed by atoms with Crippen LogP contribution in [0.25, 0.3) is 10.2 Å². The van der Waals surface area contributed by atoms with Crippen LogP contribution in [0, 0.1) is 0 Å². The van der Waals surface area contributed by atoms with Crippen molar-refractivity contribution in [3.63, 3.8) is 0 Å².